The monoisotopic (exact) mass is 621 g/mol. The molecule has 1 fully saturated rings. The Labute approximate surface area is 257 Å². The molecule has 5 rings (SSSR count). The lowest BCUT2D eigenvalue weighted by Gasteiger charge is -2.28. The maximum Gasteiger partial charge on any atom is 0.255 e. The highest BCUT2D eigenvalue weighted by atomic mass is 32.2. The van der Waals surface area contributed by atoms with Crippen molar-refractivity contribution in [3.63, 3.8) is 0 Å². The van der Waals surface area contributed by atoms with Gasteiger partial charge in [-0.1, -0.05) is 32.1 Å². The first-order valence-electron chi connectivity index (χ1n) is 14.3. The Kier molecular flexibility index (Phi) is 8.40. The second kappa shape index (κ2) is 11.9. The van der Waals surface area contributed by atoms with Crippen molar-refractivity contribution >= 4 is 33.3 Å². The number of imidazole rings is 1. The number of rotatable bonds is 8. The SMILES string of the molecule is COc1c(NC(=O)c2ccc(C)c(-n3cc(-c4cn(C)c(N5CCNCC5)n4)nn3)c2)cc(C(C)(C)C)cc1NS(C)(=O)=O. The summed E-state index contributed by atoms with van der Waals surface area (Å²) in [6.45, 7) is 11.5. The second-order valence-corrected chi connectivity index (χ2v) is 13.8. The molecule has 234 valence electrons. The van der Waals surface area contributed by atoms with E-state index in [4.69, 9.17) is 9.72 Å². The van der Waals surface area contributed by atoms with E-state index in [0.29, 0.717) is 28.3 Å². The van der Waals surface area contributed by atoms with Gasteiger partial charge in [-0.25, -0.2) is 18.1 Å². The average Bonchev–Trinajstić information content (AvgIpc) is 3.59. The fourth-order valence-electron chi connectivity index (χ4n) is 5.08. The molecule has 0 aliphatic carbocycles. The molecule has 3 heterocycles. The lowest BCUT2D eigenvalue weighted by atomic mass is 9.86. The molecule has 1 amide bonds. The van der Waals surface area contributed by atoms with Crippen molar-refractivity contribution in [1.29, 1.82) is 0 Å². The minimum absolute atomic E-state index is 0.209. The fourth-order valence-corrected chi connectivity index (χ4v) is 5.63. The molecule has 0 saturated carbocycles. The summed E-state index contributed by atoms with van der Waals surface area (Å²) in [5, 5.41) is 15.0. The van der Waals surface area contributed by atoms with Crippen LogP contribution in [0, 0.1) is 6.92 Å². The minimum atomic E-state index is -3.60. The van der Waals surface area contributed by atoms with Gasteiger partial charge in [0.2, 0.25) is 16.0 Å². The van der Waals surface area contributed by atoms with E-state index in [9.17, 15) is 13.2 Å². The lowest BCUT2D eigenvalue weighted by Crippen LogP contribution is -2.44. The summed E-state index contributed by atoms with van der Waals surface area (Å²) in [6, 6.07) is 8.82. The third-order valence-electron chi connectivity index (χ3n) is 7.43. The Morgan fingerprint density at radius 2 is 1.75 bits per heavy atom. The Bertz CT molecular complexity index is 1800. The molecule has 14 heteroatoms. The lowest BCUT2D eigenvalue weighted by molar-refractivity contribution is 0.102. The van der Waals surface area contributed by atoms with Crippen LogP contribution in [0.4, 0.5) is 17.3 Å². The van der Waals surface area contributed by atoms with Gasteiger partial charge in [0.05, 0.1) is 36.6 Å². The van der Waals surface area contributed by atoms with Crippen molar-refractivity contribution in [2.75, 3.05) is 54.5 Å². The van der Waals surface area contributed by atoms with Crippen LogP contribution in [0.25, 0.3) is 17.1 Å². The largest absolute Gasteiger partial charge is 0.492 e. The van der Waals surface area contributed by atoms with Crippen LogP contribution >= 0.6 is 0 Å². The molecular weight excluding hydrogens is 582 g/mol. The number of hydrogen-bond acceptors (Lipinski definition) is 9. The summed E-state index contributed by atoms with van der Waals surface area (Å²) in [7, 11) is -0.209. The van der Waals surface area contributed by atoms with Gasteiger partial charge in [0.1, 0.15) is 11.4 Å². The van der Waals surface area contributed by atoms with E-state index in [0.717, 1.165) is 49.5 Å². The maximum absolute atomic E-state index is 13.6. The molecule has 13 nitrogen and oxygen atoms in total. The molecule has 0 spiro atoms. The Morgan fingerprint density at radius 1 is 1.05 bits per heavy atom. The molecule has 1 saturated heterocycles. The summed E-state index contributed by atoms with van der Waals surface area (Å²) in [5.74, 6) is 0.693. The van der Waals surface area contributed by atoms with Gasteiger partial charge >= 0.3 is 0 Å². The van der Waals surface area contributed by atoms with Crippen molar-refractivity contribution < 1.29 is 17.9 Å². The number of hydrogen-bond donors (Lipinski definition) is 3. The normalized spacial score (nSPS) is 14.0. The van der Waals surface area contributed by atoms with Crippen molar-refractivity contribution in [3.8, 4) is 22.8 Å². The van der Waals surface area contributed by atoms with E-state index in [1.54, 1.807) is 35.1 Å². The number of piperazine rings is 1. The zero-order chi connectivity index (χ0) is 31.8. The highest BCUT2D eigenvalue weighted by Crippen LogP contribution is 2.39. The van der Waals surface area contributed by atoms with Crippen molar-refractivity contribution in [2.45, 2.75) is 33.1 Å². The zero-order valence-electron chi connectivity index (χ0n) is 26.1. The van der Waals surface area contributed by atoms with E-state index in [2.05, 4.69) is 30.6 Å². The zero-order valence-corrected chi connectivity index (χ0v) is 26.9. The van der Waals surface area contributed by atoms with E-state index < -0.39 is 15.9 Å². The fraction of sp³-hybridized carbons (Fsp3) is 0.400. The first-order chi connectivity index (χ1) is 20.7. The van der Waals surface area contributed by atoms with Crippen LogP contribution in [0.3, 0.4) is 0 Å². The van der Waals surface area contributed by atoms with E-state index in [-0.39, 0.29) is 16.9 Å². The number of benzene rings is 2. The molecule has 0 unspecified atom stereocenters. The highest BCUT2D eigenvalue weighted by molar-refractivity contribution is 7.92. The Hall–Kier alpha value is -4.43. The summed E-state index contributed by atoms with van der Waals surface area (Å²) in [6.07, 6.45) is 4.80. The standard InChI is InChI=1S/C30H39N9O4S/c1-19-8-9-20(28(40)32-22-15-21(30(2,3)4)16-23(27(22)43-6)35-44(7,41)42)14-26(19)39-18-25(34-36-39)24-17-37(5)29(33-24)38-12-10-31-11-13-38/h8-9,14-18,31,35H,10-13H2,1-7H3,(H,32,40). The second-order valence-electron chi connectivity index (χ2n) is 12.0. The van der Waals surface area contributed by atoms with Crippen LogP contribution in [0.1, 0.15) is 42.3 Å². The molecule has 0 radical (unpaired) electrons. The average molecular weight is 622 g/mol. The van der Waals surface area contributed by atoms with Gasteiger partial charge in [0.25, 0.3) is 5.91 Å². The number of methoxy groups -OCH3 is 1. The van der Waals surface area contributed by atoms with E-state index in [1.807, 2.05) is 51.6 Å². The number of anilines is 3. The summed E-state index contributed by atoms with van der Waals surface area (Å²) in [5.41, 5.74) is 4.35. The number of carbonyl (C=O) groups excluding carboxylic acids is 1. The van der Waals surface area contributed by atoms with E-state index in [1.165, 1.54) is 7.11 Å². The van der Waals surface area contributed by atoms with Crippen LogP contribution in [-0.2, 0) is 22.5 Å². The third-order valence-corrected chi connectivity index (χ3v) is 8.02. The number of nitrogens with one attached hydrogen (secondary N) is 3. The molecule has 0 atom stereocenters. The van der Waals surface area contributed by atoms with Gasteiger partial charge in [-0.05, 0) is 47.7 Å². The molecule has 4 aromatic rings. The van der Waals surface area contributed by atoms with Crippen LogP contribution in [0.5, 0.6) is 5.75 Å². The van der Waals surface area contributed by atoms with Crippen LogP contribution in [0.2, 0.25) is 0 Å². The van der Waals surface area contributed by atoms with Gasteiger partial charge in [0.15, 0.2) is 5.75 Å². The minimum Gasteiger partial charge on any atom is -0.492 e. The third kappa shape index (κ3) is 6.70. The summed E-state index contributed by atoms with van der Waals surface area (Å²) in [4.78, 5) is 20.6. The number of nitrogens with zero attached hydrogens (tertiary/aromatic N) is 6. The molecule has 3 N–H and O–H groups in total. The van der Waals surface area contributed by atoms with Crippen LogP contribution in [0.15, 0.2) is 42.7 Å². The molecule has 1 aliphatic heterocycles. The molecule has 2 aromatic carbocycles. The van der Waals surface area contributed by atoms with Gasteiger partial charge in [-0.3, -0.25) is 9.52 Å². The smallest absolute Gasteiger partial charge is 0.255 e. The van der Waals surface area contributed by atoms with Crippen molar-refractivity contribution in [1.82, 2.24) is 29.9 Å². The molecular formula is C30H39N9O4S. The van der Waals surface area contributed by atoms with Gasteiger partial charge in [0, 0.05) is 45.0 Å². The predicted molar refractivity (Wildman–Crippen MR) is 171 cm³/mol. The first kappa shape index (κ1) is 31.0. The van der Waals surface area contributed by atoms with Crippen molar-refractivity contribution in [3.05, 3.63) is 59.4 Å². The first-order valence-corrected chi connectivity index (χ1v) is 16.2. The number of carbonyl (C=O) groups is 1. The number of amides is 1. The van der Waals surface area contributed by atoms with E-state index >= 15 is 0 Å². The number of sulfonamides is 1. The molecule has 2 aromatic heterocycles. The van der Waals surface area contributed by atoms with Gasteiger partial charge in [-0.15, -0.1) is 5.10 Å². The maximum atomic E-state index is 13.6. The topological polar surface area (TPSA) is 148 Å². The van der Waals surface area contributed by atoms with Gasteiger partial charge < -0.3 is 24.8 Å². The predicted octanol–water partition coefficient (Wildman–Crippen LogP) is 3.32. The number of ether oxygens (including phenoxy) is 1. The van der Waals surface area contributed by atoms with Crippen LogP contribution < -0.4 is 25.0 Å². The van der Waals surface area contributed by atoms with Gasteiger partial charge in [-0.2, -0.15) is 0 Å². The number of aryl methyl sites for hydroxylation is 2. The number of aromatic nitrogens is 5. The highest BCUT2D eigenvalue weighted by Gasteiger charge is 2.23. The molecule has 0 bridgehead atoms. The quantitative estimate of drug-likeness (QED) is 0.269. The molecule has 44 heavy (non-hydrogen) atoms. The Morgan fingerprint density at radius 3 is 2.41 bits per heavy atom. The van der Waals surface area contributed by atoms with Crippen LogP contribution in [-0.4, -0.2) is 78.4 Å². The summed E-state index contributed by atoms with van der Waals surface area (Å²) < 4.78 is 35.9. The Balaban J connectivity index is 1.44. The molecule has 1 aliphatic rings. The summed E-state index contributed by atoms with van der Waals surface area (Å²) >= 11 is 0. The van der Waals surface area contributed by atoms with Crippen molar-refractivity contribution in [2.24, 2.45) is 7.05 Å².